The van der Waals surface area contributed by atoms with Gasteiger partial charge in [-0.2, -0.15) is 0 Å². The topological polar surface area (TPSA) is 32.5 Å². The minimum absolute atomic E-state index is 0.269. The van der Waals surface area contributed by atoms with Gasteiger partial charge < -0.3 is 10.6 Å². The Labute approximate surface area is 106 Å². The number of hydrogen-bond donors (Lipinski definition) is 1. The van der Waals surface area contributed by atoms with Crippen LogP contribution in [-0.4, -0.2) is 55.1 Å². The molecular formula is C14H29N3. The Bertz CT molecular complexity index is 240. The van der Waals surface area contributed by atoms with Crippen LogP contribution in [0.3, 0.4) is 0 Å². The molecule has 0 bridgehead atoms. The maximum Gasteiger partial charge on any atom is 0.0458 e. The van der Waals surface area contributed by atoms with Crippen LogP contribution in [0.4, 0.5) is 0 Å². The van der Waals surface area contributed by atoms with E-state index in [0.29, 0.717) is 0 Å². The lowest BCUT2D eigenvalue weighted by Crippen LogP contribution is -2.62. The van der Waals surface area contributed by atoms with E-state index >= 15 is 0 Å². The van der Waals surface area contributed by atoms with E-state index in [2.05, 4.69) is 23.8 Å². The molecule has 0 aromatic heterocycles. The van der Waals surface area contributed by atoms with Crippen LogP contribution >= 0.6 is 0 Å². The van der Waals surface area contributed by atoms with E-state index in [-0.39, 0.29) is 5.54 Å². The molecule has 0 aromatic rings. The predicted octanol–water partition coefficient (Wildman–Crippen LogP) is 1.53. The quantitative estimate of drug-likeness (QED) is 0.763. The van der Waals surface area contributed by atoms with Gasteiger partial charge in [-0.1, -0.05) is 6.92 Å². The lowest BCUT2D eigenvalue weighted by Gasteiger charge is -2.49. The highest BCUT2D eigenvalue weighted by molar-refractivity contribution is 4.98. The number of rotatable bonds is 6. The molecule has 1 aliphatic carbocycles. The number of hydrogen-bond acceptors (Lipinski definition) is 3. The monoisotopic (exact) mass is 239 g/mol. The fourth-order valence-electron chi connectivity index (χ4n) is 3.30. The smallest absolute Gasteiger partial charge is 0.0458 e. The maximum atomic E-state index is 6.16. The van der Waals surface area contributed by atoms with Crippen molar-refractivity contribution in [1.82, 2.24) is 9.80 Å². The molecule has 2 aliphatic rings. The van der Waals surface area contributed by atoms with Crippen LogP contribution in [0.5, 0.6) is 0 Å². The SMILES string of the molecule is CCCN(CC1CC1)C1(CN)CCCN(C)C1. The molecule has 3 heteroatoms. The molecule has 0 spiro atoms. The number of piperidine rings is 1. The van der Waals surface area contributed by atoms with Crippen LogP contribution in [0.15, 0.2) is 0 Å². The zero-order valence-electron chi connectivity index (χ0n) is 11.6. The molecule has 0 aromatic carbocycles. The second kappa shape index (κ2) is 5.68. The van der Waals surface area contributed by atoms with Gasteiger partial charge >= 0.3 is 0 Å². The molecule has 1 atom stereocenters. The zero-order valence-corrected chi connectivity index (χ0v) is 11.6. The summed E-state index contributed by atoms with van der Waals surface area (Å²) in [4.78, 5) is 5.19. The molecule has 2 N–H and O–H groups in total. The lowest BCUT2D eigenvalue weighted by atomic mass is 9.86. The van der Waals surface area contributed by atoms with Gasteiger partial charge in [0.15, 0.2) is 0 Å². The van der Waals surface area contributed by atoms with E-state index < -0.39 is 0 Å². The summed E-state index contributed by atoms with van der Waals surface area (Å²) in [6.07, 6.45) is 6.73. The predicted molar refractivity (Wildman–Crippen MR) is 73.1 cm³/mol. The first-order chi connectivity index (χ1) is 8.20. The van der Waals surface area contributed by atoms with E-state index in [4.69, 9.17) is 5.73 Å². The van der Waals surface area contributed by atoms with Gasteiger partial charge in [0.25, 0.3) is 0 Å². The molecule has 1 saturated heterocycles. The summed E-state index contributed by atoms with van der Waals surface area (Å²) in [6, 6.07) is 0. The van der Waals surface area contributed by atoms with Crippen molar-refractivity contribution in [2.45, 2.75) is 44.6 Å². The third-order valence-corrected chi connectivity index (χ3v) is 4.47. The highest BCUT2D eigenvalue weighted by Gasteiger charge is 2.40. The Morgan fingerprint density at radius 1 is 1.41 bits per heavy atom. The van der Waals surface area contributed by atoms with Crippen LogP contribution in [0.2, 0.25) is 0 Å². The van der Waals surface area contributed by atoms with Gasteiger partial charge in [0, 0.05) is 25.2 Å². The second-order valence-corrected chi connectivity index (χ2v) is 6.16. The molecule has 100 valence electrons. The van der Waals surface area contributed by atoms with Crippen molar-refractivity contribution in [2.75, 3.05) is 39.8 Å². The van der Waals surface area contributed by atoms with Gasteiger partial charge in [0.05, 0.1) is 0 Å². The maximum absolute atomic E-state index is 6.16. The molecule has 1 aliphatic heterocycles. The third-order valence-electron chi connectivity index (χ3n) is 4.47. The Balaban J connectivity index is 2.04. The van der Waals surface area contributed by atoms with Crippen molar-refractivity contribution >= 4 is 0 Å². The van der Waals surface area contributed by atoms with Crippen LogP contribution in [-0.2, 0) is 0 Å². The Morgan fingerprint density at radius 3 is 2.71 bits per heavy atom. The molecule has 2 rings (SSSR count). The van der Waals surface area contributed by atoms with Crippen molar-refractivity contribution in [3.63, 3.8) is 0 Å². The molecule has 3 nitrogen and oxygen atoms in total. The first-order valence-electron chi connectivity index (χ1n) is 7.34. The summed E-state index contributed by atoms with van der Waals surface area (Å²) in [5, 5.41) is 0. The normalized spacial score (nSPS) is 31.1. The summed E-state index contributed by atoms with van der Waals surface area (Å²) in [7, 11) is 2.24. The zero-order chi connectivity index (χ0) is 12.3. The van der Waals surface area contributed by atoms with Crippen LogP contribution < -0.4 is 5.73 Å². The van der Waals surface area contributed by atoms with Crippen LogP contribution in [0.25, 0.3) is 0 Å². The van der Waals surface area contributed by atoms with Crippen molar-refractivity contribution in [3.05, 3.63) is 0 Å². The van der Waals surface area contributed by atoms with Crippen LogP contribution in [0.1, 0.15) is 39.0 Å². The van der Waals surface area contributed by atoms with Crippen LogP contribution in [0, 0.1) is 5.92 Å². The Hall–Kier alpha value is -0.120. The molecule has 1 heterocycles. The van der Waals surface area contributed by atoms with Gasteiger partial charge in [-0.3, -0.25) is 4.90 Å². The first kappa shape index (κ1) is 13.3. The fourth-order valence-corrected chi connectivity index (χ4v) is 3.30. The van der Waals surface area contributed by atoms with Gasteiger partial charge in [-0.05, 0) is 58.2 Å². The van der Waals surface area contributed by atoms with Crippen molar-refractivity contribution < 1.29 is 0 Å². The number of likely N-dealkylation sites (tertiary alicyclic amines) is 1. The van der Waals surface area contributed by atoms with E-state index in [0.717, 1.165) is 19.0 Å². The summed E-state index contributed by atoms with van der Waals surface area (Å²) >= 11 is 0. The Kier molecular flexibility index (Phi) is 4.45. The Morgan fingerprint density at radius 2 is 2.18 bits per heavy atom. The highest BCUT2D eigenvalue weighted by Crippen LogP contribution is 2.34. The van der Waals surface area contributed by atoms with Crippen molar-refractivity contribution in [3.8, 4) is 0 Å². The molecular weight excluding hydrogens is 210 g/mol. The summed E-state index contributed by atoms with van der Waals surface area (Å²) < 4.78 is 0. The minimum atomic E-state index is 0.269. The molecule has 0 radical (unpaired) electrons. The molecule has 0 amide bonds. The fraction of sp³-hybridized carbons (Fsp3) is 1.00. The average molecular weight is 239 g/mol. The number of nitrogens with two attached hydrogens (primary N) is 1. The molecule has 2 fully saturated rings. The van der Waals surface area contributed by atoms with E-state index in [9.17, 15) is 0 Å². The molecule has 1 saturated carbocycles. The lowest BCUT2D eigenvalue weighted by molar-refractivity contribution is 0.0222. The molecule has 17 heavy (non-hydrogen) atoms. The summed E-state index contributed by atoms with van der Waals surface area (Å²) in [5.41, 5.74) is 6.43. The summed E-state index contributed by atoms with van der Waals surface area (Å²) in [5.74, 6) is 0.970. The number of nitrogens with zero attached hydrogens (tertiary/aromatic N) is 2. The highest BCUT2D eigenvalue weighted by atomic mass is 15.3. The van der Waals surface area contributed by atoms with E-state index in [1.165, 1.54) is 51.7 Å². The van der Waals surface area contributed by atoms with E-state index in [1.807, 2.05) is 0 Å². The number of likely N-dealkylation sites (N-methyl/N-ethyl adjacent to an activating group) is 1. The largest absolute Gasteiger partial charge is 0.329 e. The standard InChI is InChI=1S/C14H29N3/c1-3-8-17(10-13-5-6-13)14(11-15)7-4-9-16(2)12-14/h13H,3-12,15H2,1-2H3. The van der Waals surface area contributed by atoms with E-state index in [1.54, 1.807) is 0 Å². The van der Waals surface area contributed by atoms with Crippen molar-refractivity contribution in [2.24, 2.45) is 11.7 Å². The third kappa shape index (κ3) is 3.21. The van der Waals surface area contributed by atoms with Gasteiger partial charge in [-0.25, -0.2) is 0 Å². The van der Waals surface area contributed by atoms with Crippen molar-refractivity contribution in [1.29, 1.82) is 0 Å². The minimum Gasteiger partial charge on any atom is -0.329 e. The molecule has 1 unspecified atom stereocenters. The average Bonchev–Trinajstić information content (AvgIpc) is 3.12. The van der Waals surface area contributed by atoms with Gasteiger partial charge in [0.2, 0.25) is 0 Å². The first-order valence-corrected chi connectivity index (χ1v) is 7.34. The summed E-state index contributed by atoms with van der Waals surface area (Å²) in [6.45, 7) is 8.03. The van der Waals surface area contributed by atoms with Gasteiger partial charge in [0.1, 0.15) is 0 Å². The second-order valence-electron chi connectivity index (χ2n) is 6.16. The van der Waals surface area contributed by atoms with Gasteiger partial charge in [-0.15, -0.1) is 0 Å².